The molecule has 0 aliphatic carbocycles. The lowest BCUT2D eigenvalue weighted by Crippen LogP contribution is -2.40. The highest BCUT2D eigenvalue weighted by molar-refractivity contribution is 8.77. The van der Waals surface area contributed by atoms with Crippen LogP contribution in [0.1, 0.15) is 33.6 Å². The van der Waals surface area contributed by atoms with Crippen LogP contribution >= 0.6 is 21.6 Å². The number of rotatable bonds is 9. The minimum atomic E-state index is -0.352. The molecule has 112 valence electrons. The van der Waals surface area contributed by atoms with Crippen LogP contribution in [0.5, 0.6) is 0 Å². The van der Waals surface area contributed by atoms with Crippen molar-refractivity contribution in [3.05, 3.63) is 0 Å². The van der Waals surface area contributed by atoms with Crippen LogP contribution in [0, 0.1) is 0 Å². The molecule has 0 N–H and O–H groups in total. The molecule has 0 aromatic heterocycles. The number of amides is 1. The zero-order valence-electron chi connectivity index (χ0n) is 12.7. The molecule has 19 heavy (non-hydrogen) atoms. The molecular formula is C13H25NO3S2. The summed E-state index contributed by atoms with van der Waals surface area (Å²) in [5, 5.41) is 0. The Bertz CT molecular complexity index is 304. The maximum atomic E-state index is 12.1. The van der Waals surface area contributed by atoms with Gasteiger partial charge in [0.1, 0.15) is 0 Å². The second-order valence-electron chi connectivity index (χ2n) is 4.92. The van der Waals surface area contributed by atoms with Gasteiger partial charge in [-0.05, 0) is 33.4 Å². The largest absolute Gasteiger partial charge is 0.383 e. The van der Waals surface area contributed by atoms with Gasteiger partial charge in [-0.3, -0.25) is 9.59 Å². The molecule has 0 aromatic carbocycles. The number of Topliss-reactive ketones (excluding diaryl/α,β-unsaturated/α-hetero) is 1. The van der Waals surface area contributed by atoms with Gasteiger partial charge in [0.15, 0.2) is 5.78 Å². The number of nitrogens with zero attached hydrogens (tertiary/aromatic N) is 1. The third-order valence-corrected chi connectivity index (χ3v) is 5.76. The van der Waals surface area contributed by atoms with Crippen molar-refractivity contribution in [1.82, 2.24) is 4.90 Å². The fourth-order valence-electron chi connectivity index (χ4n) is 1.68. The summed E-state index contributed by atoms with van der Waals surface area (Å²) >= 11 is 0. The van der Waals surface area contributed by atoms with Crippen molar-refractivity contribution in [3.63, 3.8) is 0 Å². The number of ketones is 1. The van der Waals surface area contributed by atoms with Crippen molar-refractivity contribution in [3.8, 4) is 0 Å². The predicted molar refractivity (Wildman–Crippen MR) is 83.5 cm³/mol. The van der Waals surface area contributed by atoms with E-state index in [0.717, 1.165) is 6.42 Å². The predicted octanol–water partition coefficient (Wildman–Crippen LogP) is 2.62. The summed E-state index contributed by atoms with van der Waals surface area (Å²) in [5.41, 5.74) is 0. The van der Waals surface area contributed by atoms with Gasteiger partial charge in [0, 0.05) is 25.3 Å². The summed E-state index contributed by atoms with van der Waals surface area (Å²) in [7, 11) is 6.76. The molecule has 0 aliphatic rings. The minimum absolute atomic E-state index is 0.00623. The number of hydrogen-bond acceptors (Lipinski definition) is 5. The average Bonchev–Trinajstić information content (AvgIpc) is 2.34. The first-order valence-electron chi connectivity index (χ1n) is 6.24. The van der Waals surface area contributed by atoms with Gasteiger partial charge in [-0.1, -0.05) is 21.6 Å². The van der Waals surface area contributed by atoms with E-state index in [2.05, 4.69) is 6.92 Å². The molecule has 6 heteroatoms. The van der Waals surface area contributed by atoms with E-state index in [1.165, 1.54) is 11.8 Å². The van der Waals surface area contributed by atoms with Gasteiger partial charge in [-0.15, -0.1) is 0 Å². The lowest BCUT2D eigenvalue weighted by molar-refractivity contribution is -0.137. The molecule has 1 unspecified atom stereocenters. The fourth-order valence-corrected chi connectivity index (χ4v) is 4.04. The highest BCUT2D eigenvalue weighted by Crippen LogP contribution is 2.37. The van der Waals surface area contributed by atoms with E-state index in [9.17, 15) is 9.59 Å². The van der Waals surface area contributed by atoms with E-state index in [0.29, 0.717) is 13.0 Å². The second kappa shape index (κ2) is 8.87. The van der Waals surface area contributed by atoms with Gasteiger partial charge in [0.2, 0.25) is 5.91 Å². The number of hydrogen-bond donors (Lipinski definition) is 0. The first-order valence-corrected chi connectivity index (χ1v) is 8.80. The molecule has 0 saturated carbocycles. The van der Waals surface area contributed by atoms with E-state index in [1.807, 2.05) is 6.26 Å². The molecule has 0 aromatic rings. The van der Waals surface area contributed by atoms with Crippen molar-refractivity contribution in [2.45, 2.75) is 44.4 Å². The van der Waals surface area contributed by atoms with Crippen molar-refractivity contribution in [2.75, 3.05) is 27.0 Å². The van der Waals surface area contributed by atoms with Crippen molar-refractivity contribution < 1.29 is 14.3 Å². The maximum Gasteiger partial charge on any atom is 0.222 e. The number of ether oxygens (including phenoxy) is 1. The van der Waals surface area contributed by atoms with E-state index in [-0.39, 0.29) is 22.5 Å². The lowest BCUT2D eigenvalue weighted by atomic mass is 10.0. The van der Waals surface area contributed by atoms with Gasteiger partial charge in [0.25, 0.3) is 0 Å². The lowest BCUT2D eigenvalue weighted by Gasteiger charge is -2.29. The Hall–Kier alpha value is -0.200. The van der Waals surface area contributed by atoms with Gasteiger partial charge < -0.3 is 9.64 Å². The van der Waals surface area contributed by atoms with Gasteiger partial charge in [-0.25, -0.2) is 0 Å². The molecule has 0 aliphatic heterocycles. The summed E-state index contributed by atoms with van der Waals surface area (Å²) in [6, 6.07) is -0.352. The van der Waals surface area contributed by atoms with Crippen molar-refractivity contribution >= 4 is 33.3 Å². The van der Waals surface area contributed by atoms with E-state index in [4.69, 9.17) is 4.74 Å². The number of carbonyl (C=O) groups is 2. The Morgan fingerprint density at radius 3 is 2.42 bits per heavy atom. The third kappa shape index (κ3) is 6.68. The molecule has 2 atom stereocenters. The summed E-state index contributed by atoms with van der Waals surface area (Å²) in [4.78, 5) is 24.9. The van der Waals surface area contributed by atoms with Crippen LogP contribution in [0.4, 0.5) is 0 Å². The zero-order chi connectivity index (χ0) is 15.1. The van der Waals surface area contributed by atoms with Crippen LogP contribution in [-0.4, -0.2) is 54.4 Å². The monoisotopic (exact) mass is 307 g/mol. The molecule has 0 saturated heterocycles. The summed E-state index contributed by atoms with van der Waals surface area (Å²) < 4.78 is 5.15. The summed E-state index contributed by atoms with van der Waals surface area (Å²) in [6.07, 6.45) is 3.19. The topological polar surface area (TPSA) is 46.6 Å². The summed E-state index contributed by atoms with van der Waals surface area (Å²) in [6.45, 7) is 5.97. The Labute approximate surface area is 124 Å². The van der Waals surface area contributed by atoms with Crippen LogP contribution in [0.2, 0.25) is 0 Å². The Balaban J connectivity index is 4.43. The average molecular weight is 307 g/mol. The maximum absolute atomic E-state index is 12.1. The van der Waals surface area contributed by atoms with E-state index >= 15 is 0 Å². The first-order chi connectivity index (χ1) is 8.77. The Kier molecular flexibility index (Phi) is 8.78. The van der Waals surface area contributed by atoms with Gasteiger partial charge in [-0.2, -0.15) is 0 Å². The molecule has 0 heterocycles. The molecule has 0 rings (SSSR count). The minimum Gasteiger partial charge on any atom is -0.383 e. The quantitative estimate of drug-likeness (QED) is 0.613. The molecular weight excluding hydrogens is 282 g/mol. The van der Waals surface area contributed by atoms with Crippen molar-refractivity contribution in [2.24, 2.45) is 0 Å². The highest BCUT2D eigenvalue weighted by Gasteiger charge is 2.28. The standard InChI is InChI=1S/C13H25NO3S2/c1-10(11(2)15)14(4)12(16)7-8-13(3,9-17-5)19-18-6/h10H,7-9H2,1-6H3/t10-,13?/m0/s1. The first kappa shape index (κ1) is 18.8. The van der Waals surface area contributed by atoms with Gasteiger partial charge in [0.05, 0.1) is 12.6 Å². The Morgan fingerprint density at radius 2 is 2.00 bits per heavy atom. The second-order valence-corrected chi connectivity index (χ2v) is 7.91. The van der Waals surface area contributed by atoms with Crippen LogP contribution in [-0.2, 0) is 14.3 Å². The molecule has 0 radical (unpaired) electrons. The SMILES string of the molecule is COCC(C)(CCC(=O)N(C)[C@@H](C)C(C)=O)SSC. The van der Waals surface area contributed by atoms with Crippen LogP contribution in [0.3, 0.4) is 0 Å². The molecule has 1 amide bonds. The fraction of sp³-hybridized carbons (Fsp3) is 0.846. The smallest absolute Gasteiger partial charge is 0.222 e. The normalized spacial score (nSPS) is 15.7. The van der Waals surface area contributed by atoms with Crippen LogP contribution in [0.15, 0.2) is 0 Å². The van der Waals surface area contributed by atoms with E-state index < -0.39 is 0 Å². The number of methoxy groups -OCH3 is 1. The van der Waals surface area contributed by atoms with Crippen LogP contribution in [0.25, 0.3) is 0 Å². The summed E-state index contributed by atoms with van der Waals surface area (Å²) in [5.74, 6) is 0.0146. The van der Waals surface area contributed by atoms with Crippen LogP contribution < -0.4 is 0 Å². The molecule has 4 nitrogen and oxygen atoms in total. The molecule has 0 bridgehead atoms. The third-order valence-electron chi connectivity index (χ3n) is 3.16. The molecule has 0 spiro atoms. The van der Waals surface area contributed by atoms with Crippen molar-refractivity contribution in [1.29, 1.82) is 0 Å². The highest BCUT2D eigenvalue weighted by atomic mass is 33.1. The number of likely N-dealkylation sites (N-methyl/N-ethyl adjacent to an activating group) is 1. The molecule has 0 fully saturated rings. The number of carbonyl (C=O) groups excluding carboxylic acids is 2. The van der Waals surface area contributed by atoms with E-state index in [1.54, 1.807) is 42.7 Å². The zero-order valence-corrected chi connectivity index (χ0v) is 14.3. The van der Waals surface area contributed by atoms with Gasteiger partial charge >= 0.3 is 0 Å². The Morgan fingerprint density at radius 1 is 1.42 bits per heavy atom.